The molecule has 6 atom stereocenters. The van der Waals surface area contributed by atoms with E-state index in [2.05, 4.69) is 15.5 Å². The fraction of sp³-hybridized carbons (Fsp3) is 0.400. The van der Waals surface area contributed by atoms with E-state index < -0.39 is 60.6 Å². The first-order valence-electron chi connectivity index (χ1n) is 11.8. The van der Waals surface area contributed by atoms with Gasteiger partial charge >= 0.3 is 0 Å². The van der Waals surface area contributed by atoms with Crippen molar-refractivity contribution in [3.05, 3.63) is 65.6 Å². The molecule has 2 aliphatic rings. The molecule has 38 heavy (non-hydrogen) atoms. The zero-order chi connectivity index (χ0) is 27.0. The minimum atomic E-state index is -1.61. The Hall–Kier alpha value is -3.52. The lowest BCUT2D eigenvalue weighted by Gasteiger charge is -2.42. The summed E-state index contributed by atoms with van der Waals surface area (Å²) in [6.45, 7) is -0.548. The molecular formula is C25H25F3N4O6. The first-order chi connectivity index (χ1) is 18.3. The quantitative estimate of drug-likeness (QED) is 0.393. The van der Waals surface area contributed by atoms with Crippen molar-refractivity contribution in [1.29, 1.82) is 0 Å². The molecule has 2 aromatic carbocycles. The van der Waals surface area contributed by atoms with Crippen molar-refractivity contribution in [2.24, 2.45) is 11.1 Å². The molecule has 10 nitrogen and oxygen atoms in total. The third kappa shape index (κ3) is 4.97. The van der Waals surface area contributed by atoms with Crippen LogP contribution in [0.1, 0.15) is 24.6 Å². The molecule has 13 heteroatoms. The van der Waals surface area contributed by atoms with E-state index in [0.29, 0.717) is 17.9 Å². The molecule has 1 saturated heterocycles. The van der Waals surface area contributed by atoms with Gasteiger partial charge in [-0.05, 0) is 42.0 Å². The summed E-state index contributed by atoms with van der Waals surface area (Å²) in [4.78, 5) is 5.56. The number of aliphatic hydroxyl groups is 3. The van der Waals surface area contributed by atoms with Gasteiger partial charge in [0.15, 0.2) is 23.7 Å². The number of aliphatic hydroxyl groups excluding tert-OH is 3. The first-order valence-corrected chi connectivity index (χ1v) is 11.8. The number of aromatic nitrogens is 3. The van der Waals surface area contributed by atoms with Crippen LogP contribution in [0.15, 0.2) is 47.8 Å². The van der Waals surface area contributed by atoms with Gasteiger partial charge in [-0.1, -0.05) is 10.4 Å². The molecule has 1 fully saturated rings. The summed E-state index contributed by atoms with van der Waals surface area (Å²) in [6, 6.07) is 8.85. The number of ether oxygens (including phenoxy) is 2. The molecule has 2 aliphatic heterocycles. The van der Waals surface area contributed by atoms with Crippen molar-refractivity contribution >= 4 is 5.71 Å². The third-order valence-electron chi connectivity index (χ3n) is 6.78. The van der Waals surface area contributed by atoms with Crippen LogP contribution < -0.4 is 4.74 Å². The van der Waals surface area contributed by atoms with E-state index in [0.717, 1.165) is 22.4 Å². The molecule has 1 aromatic heterocycles. The van der Waals surface area contributed by atoms with Crippen LogP contribution >= 0.6 is 0 Å². The maximum Gasteiger partial charge on any atom is 0.194 e. The van der Waals surface area contributed by atoms with Crippen LogP contribution in [-0.4, -0.2) is 74.2 Å². The Labute approximate surface area is 214 Å². The maximum absolute atomic E-state index is 13.7. The molecule has 3 heterocycles. The summed E-state index contributed by atoms with van der Waals surface area (Å²) in [5.41, 5.74) is 1.48. The Bertz CT molecular complexity index is 1300. The van der Waals surface area contributed by atoms with Crippen molar-refractivity contribution < 1.29 is 42.8 Å². The van der Waals surface area contributed by atoms with Crippen LogP contribution in [0.3, 0.4) is 0 Å². The summed E-state index contributed by atoms with van der Waals surface area (Å²) in [5, 5.41) is 43.4. The van der Waals surface area contributed by atoms with E-state index in [1.807, 2.05) is 12.1 Å². The summed E-state index contributed by atoms with van der Waals surface area (Å²) in [5.74, 6) is -4.67. The summed E-state index contributed by atoms with van der Waals surface area (Å²) < 4.78 is 53.0. The lowest BCUT2D eigenvalue weighted by atomic mass is 9.86. The molecule has 5 rings (SSSR count). The highest BCUT2D eigenvalue weighted by molar-refractivity contribution is 6.01. The largest absolute Gasteiger partial charge is 0.497 e. The van der Waals surface area contributed by atoms with E-state index in [1.54, 1.807) is 19.2 Å². The predicted molar refractivity (Wildman–Crippen MR) is 125 cm³/mol. The van der Waals surface area contributed by atoms with E-state index in [-0.39, 0.29) is 17.7 Å². The van der Waals surface area contributed by atoms with Crippen molar-refractivity contribution in [3.63, 3.8) is 0 Å². The molecule has 3 N–H and O–H groups in total. The van der Waals surface area contributed by atoms with E-state index in [9.17, 15) is 28.5 Å². The molecule has 0 bridgehead atoms. The number of rotatable bonds is 7. The molecular weight excluding hydrogens is 509 g/mol. The van der Waals surface area contributed by atoms with Gasteiger partial charge in [0.2, 0.25) is 0 Å². The highest BCUT2D eigenvalue weighted by Gasteiger charge is 2.46. The smallest absolute Gasteiger partial charge is 0.194 e. The fourth-order valence-corrected chi connectivity index (χ4v) is 4.66. The average Bonchev–Trinajstić information content (AvgIpc) is 3.59. The molecule has 0 amide bonds. The third-order valence-corrected chi connectivity index (χ3v) is 6.78. The topological polar surface area (TPSA) is 131 Å². The molecule has 1 unspecified atom stereocenters. The zero-order valence-corrected chi connectivity index (χ0v) is 20.1. The predicted octanol–water partition coefficient (Wildman–Crippen LogP) is 2.18. The number of oxime groups is 1. The zero-order valence-electron chi connectivity index (χ0n) is 20.1. The van der Waals surface area contributed by atoms with Crippen LogP contribution in [0.2, 0.25) is 0 Å². The number of halogens is 3. The summed E-state index contributed by atoms with van der Waals surface area (Å²) in [6.07, 6.45) is -3.27. The second kappa shape index (κ2) is 10.7. The number of methoxy groups -OCH3 is 1. The van der Waals surface area contributed by atoms with Gasteiger partial charge in [-0.15, -0.1) is 5.10 Å². The van der Waals surface area contributed by atoms with Gasteiger partial charge in [0.25, 0.3) is 0 Å². The van der Waals surface area contributed by atoms with Gasteiger partial charge in [0, 0.05) is 24.3 Å². The Kier molecular flexibility index (Phi) is 7.34. The van der Waals surface area contributed by atoms with Gasteiger partial charge in [-0.3, -0.25) is 0 Å². The highest BCUT2D eigenvalue weighted by Crippen LogP contribution is 2.36. The van der Waals surface area contributed by atoms with Gasteiger partial charge in [-0.2, -0.15) is 0 Å². The van der Waals surface area contributed by atoms with E-state index in [1.165, 1.54) is 6.20 Å². The average molecular weight is 534 g/mol. The Morgan fingerprint density at radius 3 is 2.42 bits per heavy atom. The van der Waals surface area contributed by atoms with Crippen LogP contribution in [-0.2, 0) is 9.57 Å². The van der Waals surface area contributed by atoms with Gasteiger partial charge < -0.3 is 29.6 Å². The van der Waals surface area contributed by atoms with Crippen LogP contribution in [0.25, 0.3) is 11.3 Å². The lowest BCUT2D eigenvalue weighted by molar-refractivity contribution is -0.241. The monoisotopic (exact) mass is 534 g/mol. The lowest BCUT2D eigenvalue weighted by Crippen LogP contribution is -2.54. The second-order valence-electron chi connectivity index (χ2n) is 9.16. The SMILES string of the molecule is COc1ccc(C2=NOC(C[C@H]3O[C@H](n4cc(-c5cc(F)c(F)c(F)c5)nn4)[C@H](O)[C@H](CO)[C@H]3O)C2)cc1. The van der Waals surface area contributed by atoms with Crippen LogP contribution in [0.5, 0.6) is 5.75 Å². The van der Waals surface area contributed by atoms with Gasteiger partial charge in [0.1, 0.15) is 23.7 Å². The van der Waals surface area contributed by atoms with Gasteiger partial charge in [0.05, 0.1) is 37.8 Å². The summed E-state index contributed by atoms with van der Waals surface area (Å²) >= 11 is 0. The number of hydrogen-bond donors (Lipinski definition) is 3. The van der Waals surface area contributed by atoms with E-state index in [4.69, 9.17) is 14.3 Å². The van der Waals surface area contributed by atoms with Crippen molar-refractivity contribution in [3.8, 4) is 17.0 Å². The first kappa shape index (κ1) is 26.1. The Morgan fingerprint density at radius 2 is 1.76 bits per heavy atom. The van der Waals surface area contributed by atoms with Crippen molar-refractivity contribution in [1.82, 2.24) is 15.0 Å². The minimum absolute atomic E-state index is 0.00141. The Morgan fingerprint density at radius 1 is 1.05 bits per heavy atom. The maximum atomic E-state index is 13.7. The Balaban J connectivity index is 1.31. The normalized spacial score (nSPS) is 27.2. The number of benzene rings is 2. The summed E-state index contributed by atoms with van der Waals surface area (Å²) in [7, 11) is 1.57. The van der Waals surface area contributed by atoms with Crippen LogP contribution in [0.4, 0.5) is 13.2 Å². The van der Waals surface area contributed by atoms with E-state index >= 15 is 0 Å². The second-order valence-corrected chi connectivity index (χ2v) is 9.16. The molecule has 0 spiro atoms. The molecule has 0 radical (unpaired) electrons. The molecule has 3 aromatic rings. The fourth-order valence-electron chi connectivity index (χ4n) is 4.66. The highest BCUT2D eigenvalue weighted by atomic mass is 19.2. The van der Waals surface area contributed by atoms with Gasteiger partial charge in [-0.25, -0.2) is 17.9 Å². The standard InChI is InChI=1S/C25H25F3N4O6/c1-36-14-4-2-12(3-5-14)19-8-15(38-30-19)9-21-23(34)16(11-33)24(35)25(37-21)32-10-20(29-31-32)13-6-17(26)22(28)18(27)7-13/h2-7,10,15-16,21,23-25,33-35H,8-9,11H2,1H3/t15?,16-,21-,23-,24-,25+/m1/s1. The van der Waals surface area contributed by atoms with Crippen molar-refractivity contribution in [2.75, 3.05) is 13.7 Å². The number of nitrogens with zero attached hydrogens (tertiary/aromatic N) is 4. The number of hydrogen-bond acceptors (Lipinski definition) is 9. The molecule has 0 aliphatic carbocycles. The molecule has 0 saturated carbocycles. The minimum Gasteiger partial charge on any atom is -0.497 e. The van der Waals surface area contributed by atoms with Crippen molar-refractivity contribution in [2.45, 2.75) is 43.5 Å². The molecule has 202 valence electrons. The van der Waals surface area contributed by atoms with Crippen LogP contribution in [0, 0.1) is 23.4 Å².